The average Bonchev–Trinajstić information content (AvgIpc) is 3.27. The molecule has 26 heavy (non-hydrogen) atoms. The number of aromatic amines is 1. The zero-order chi connectivity index (χ0) is 18.1. The second-order valence-electron chi connectivity index (χ2n) is 6.76. The molecule has 2 aromatic rings. The van der Waals surface area contributed by atoms with Crippen LogP contribution in [0.3, 0.4) is 0 Å². The molecule has 1 spiro atoms. The van der Waals surface area contributed by atoms with Crippen LogP contribution < -0.4 is 10.1 Å². The van der Waals surface area contributed by atoms with Crippen LogP contribution in [0, 0.1) is 0 Å². The van der Waals surface area contributed by atoms with Crippen molar-refractivity contribution in [3.8, 4) is 5.75 Å². The van der Waals surface area contributed by atoms with Crippen LogP contribution in [0.4, 0.5) is 4.79 Å². The summed E-state index contributed by atoms with van der Waals surface area (Å²) >= 11 is 0. The third-order valence-electron chi connectivity index (χ3n) is 4.90. The molecule has 4 rings (SSSR count). The molecule has 0 bridgehead atoms. The summed E-state index contributed by atoms with van der Waals surface area (Å²) in [6.45, 7) is 3.21. The minimum atomic E-state index is -0.621. The van der Waals surface area contributed by atoms with Gasteiger partial charge < -0.3 is 15.0 Å². The van der Waals surface area contributed by atoms with Gasteiger partial charge in [-0.05, 0) is 12.1 Å². The van der Waals surface area contributed by atoms with E-state index in [1.165, 1.54) is 0 Å². The number of rotatable bonds is 3. The van der Waals surface area contributed by atoms with Crippen molar-refractivity contribution in [2.45, 2.75) is 38.3 Å². The van der Waals surface area contributed by atoms with Crippen LogP contribution in [-0.4, -0.2) is 50.6 Å². The highest BCUT2D eigenvalue weighted by molar-refractivity contribution is 6.00. The number of nitrogens with zero attached hydrogens (tertiary/aromatic N) is 3. The SMILES string of the molecule is CCc1n[nH]c(CNC(=O)N2CCC3(CC(=O)c4ccccc4O3)C2)n1. The number of carbonyl (C=O) groups excluding carboxylic acids is 2. The Balaban J connectivity index is 1.39. The van der Waals surface area contributed by atoms with E-state index in [9.17, 15) is 9.59 Å². The first-order chi connectivity index (χ1) is 12.6. The molecule has 8 nitrogen and oxygen atoms in total. The Bertz CT molecular complexity index is 849. The van der Waals surface area contributed by atoms with Gasteiger partial charge in [0.1, 0.15) is 17.2 Å². The van der Waals surface area contributed by atoms with Gasteiger partial charge in [0.25, 0.3) is 0 Å². The summed E-state index contributed by atoms with van der Waals surface area (Å²) in [5.74, 6) is 2.03. The first-order valence-electron chi connectivity index (χ1n) is 8.83. The number of Topliss-reactive ketones (excluding diaryl/α,β-unsaturated/α-hetero) is 1. The lowest BCUT2D eigenvalue weighted by Gasteiger charge is -2.34. The van der Waals surface area contributed by atoms with Crippen molar-refractivity contribution < 1.29 is 14.3 Å². The van der Waals surface area contributed by atoms with Crippen molar-refractivity contribution in [1.29, 1.82) is 0 Å². The van der Waals surface area contributed by atoms with Crippen LogP contribution in [0.15, 0.2) is 24.3 Å². The van der Waals surface area contributed by atoms with E-state index >= 15 is 0 Å². The topological polar surface area (TPSA) is 100 Å². The number of likely N-dealkylation sites (tertiary alicyclic amines) is 1. The Morgan fingerprint density at radius 1 is 1.42 bits per heavy atom. The predicted octanol–water partition coefficient (Wildman–Crippen LogP) is 1.69. The number of hydrogen-bond donors (Lipinski definition) is 2. The Morgan fingerprint density at radius 3 is 3.08 bits per heavy atom. The van der Waals surface area contributed by atoms with Gasteiger partial charge in [0, 0.05) is 19.4 Å². The van der Waals surface area contributed by atoms with E-state index in [0.29, 0.717) is 43.1 Å². The number of benzene rings is 1. The number of fused-ring (bicyclic) bond motifs is 1. The molecule has 0 radical (unpaired) electrons. The quantitative estimate of drug-likeness (QED) is 0.873. The van der Waals surface area contributed by atoms with Gasteiger partial charge in [0.05, 0.1) is 25.1 Å². The Hall–Kier alpha value is -2.90. The van der Waals surface area contributed by atoms with E-state index in [0.717, 1.165) is 12.2 Å². The third-order valence-corrected chi connectivity index (χ3v) is 4.90. The van der Waals surface area contributed by atoms with Crippen molar-refractivity contribution in [2.24, 2.45) is 0 Å². The zero-order valence-corrected chi connectivity index (χ0v) is 14.6. The van der Waals surface area contributed by atoms with Crippen LogP contribution in [-0.2, 0) is 13.0 Å². The van der Waals surface area contributed by atoms with Gasteiger partial charge in [-0.2, -0.15) is 5.10 Å². The molecule has 2 aliphatic rings. The minimum Gasteiger partial charge on any atom is -0.484 e. The standard InChI is InChI=1S/C18H21N5O3/c1-2-15-20-16(22-21-15)10-19-17(25)23-8-7-18(11-23)9-13(24)12-5-3-4-6-14(12)26-18/h3-6H,2,7-11H2,1H3,(H,19,25)(H,20,21,22). The lowest BCUT2D eigenvalue weighted by Crippen LogP contribution is -2.47. The maximum Gasteiger partial charge on any atom is 0.317 e. The van der Waals surface area contributed by atoms with Crippen LogP contribution in [0.1, 0.15) is 41.8 Å². The second-order valence-corrected chi connectivity index (χ2v) is 6.76. The van der Waals surface area contributed by atoms with E-state index < -0.39 is 5.60 Å². The number of para-hydroxylation sites is 1. The van der Waals surface area contributed by atoms with Gasteiger partial charge >= 0.3 is 6.03 Å². The molecule has 1 aromatic heterocycles. The number of amides is 2. The van der Waals surface area contributed by atoms with Gasteiger partial charge in [-0.1, -0.05) is 19.1 Å². The highest BCUT2D eigenvalue weighted by Gasteiger charge is 2.46. The maximum atomic E-state index is 12.5. The van der Waals surface area contributed by atoms with Crippen molar-refractivity contribution >= 4 is 11.8 Å². The molecule has 0 aliphatic carbocycles. The van der Waals surface area contributed by atoms with E-state index in [1.54, 1.807) is 11.0 Å². The molecular formula is C18H21N5O3. The Morgan fingerprint density at radius 2 is 2.27 bits per heavy atom. The number of urea groups is 1. The van der Waals surface area contributed by atoms with E-state index in [-0.39, 0.29) is 18.4 Å². The summed E-state index contributed by atoms with van der Waals surface area (Å²) < 4.78 is 6.14. The number of H-pyrrole nitrogens is 1. The monoisotopic (exact) mass is 355 g/mol. The van der Waals surface area contributed by atoms with Crippen LogP contribution >= 0.6 is 0 Å². The van der Waals surface area contributed by atoms with E-state index in [4.69, 9.17) is 4.74 Å². The molecule has 136 valence electrons. The van der Waals surface area contributed by atoms with Gasteiger partial charge in [0.2, 0.25) is 0 Å². The highest BCUT2D eigenvalue weighted by atomic mass is 16.5. The molecule has 2 aliphatic heterocycles. The molecule has 2 N–H and O–H groups in total. The van der Waals surface area contributed by atoms with Crippen molar-refractivity contribution in [1.82, 2.24) is 25.4 Å². The summed E-state index contributed by atoms with van der Waals surface area (Å²) in [5.41, 5.74) is 0.00258. The van der Waals surface area contributed by atoms with Crippen LogP contribution in [0.5, 0.6) is 5.75 Å². The predicted molar refractivity (Wildman–Crippen MR) is 92.9 cm³/mol. The van der Waals surface area contributed by atoms with Crippen molar-refractivity contribution in [3.63, 3.8) is 0 Å². The molecule has 2 amide bonds. The fraction of sp³-hybridized carbons (Fsp3) is 0.444. The smallest absolute Gasteiger partial charge is 0.317 e. The van der Waals surface area contributed by atoms with Crippen molar-refractivity contribution in [2.75, 3.05) is 13.1 Å². The number of nitrogens with one attached hydrogen (secondary N) is 2. The minimum absolute atomic E-state index is 0.0721. The fourth-order valence-corrected chi connectivity index (χ4v) is 3.53. The summed E-state index contributed by atoms with van der Waals surface area (Å²) in [7, 11) is 0. The number of hydrogen-bond acceptors (Lipinski definition) is 5. The molecule has 3 heterocycles. The van der Waals surface area contributed by atoms with Crippen LogP contribution in [0.2, 0.25) is 0 Å². The normalized spacial score (nSPS) is 21.6. The molecule has 1 fully saturated rings. The summed E-state index contributed by atoms with van der Waals surface area (Å²) in [4.78, 5) is 30.9. The second kappa shape index (κ2) is 6.44. The number of aryl methyl sites for hydroxylation is 1. The molecular weight excluding hydrogens is 334 g/mol. The van der Waals surface area contributed by atoms with E-state index in [2.05, 4.69) is 20.5 Å². The summed E-state index contributed by atoms with van der Waals surface area (Å²) in [6, 6.07) is 7.09. The lowest BCUT2D eigenvalue weighted by atomic mass is 9.89. The molecule has 0 saturated carbocycles. The maximum absolute atomic E-state index is 12.5. The molecule has 1 saturated heterocycles. The zero-order valence-electron chi connectivity index (χ0n) is 14.6. The molecule has 1 atom stereocenters. The van der Waals surface area contributed by atoms with Gasteiger partial charge in [0.15, 0.2) is 11.6 Å². The first kappa shape index (κ1) is 16.6. The Kier molecular flexibility index (Phi) is 4.10. The summed E-state index contributed by atoms with van der Waals surface area (Å²) in [5, 5.41) is 9.71. The number of carbonyl (C=O) groups is 2. The molecule has 8 heteroatoms. The molecule has 1 unspecified atom stereocenters. The largest absolute Gasteiger partial charge is 0.484 e. The van der Waals surface area contributed by atoms with Crippen LogP contribution in [0.25, 0.3) is 0 Å². The van der Waals surface area contributed by atoms with E-state index in [1.807, 2.05) is 25.1 Å². The summed E-state index contributed by atoms with van der Waals surface area (Å²) in [6.07, 6.45) is 1.68. The van der Waals surface area contributed by atoms with Gasteiger partial charge in [-0.15, -0.1) is 0 Å². The van der Waals surface area contributed by atoms with Crippen molar-refractivity contribution in [3.05, 3.63) is 41.5 Å². The number of aromatic nitrogens is 3. The number of ketones is 1. The van der Waals surface area contributed by atoms with Gasteiger partial charge in [-0.25, -0.2) is 9.78 Å². The molecule has 1 aromatic carbocycles. The fourth-order valence-electron chi connectivity index (χ4n) is 3.53. The Labute approximate surface area is 150 Å². The number of ether oxygens (including phenoxy) is 1. The first-order valence-corrected chi connectivity index (χ1v) is 8.83. The average molecular weight is 355 g/mol. The van der Waals surface area contributed by atoms with Gasteiger partial charge in [-0.3, -0.25) is 9.89 Å². The third kappa shape index (κ3) is 3.02. The highest BCUT2D eigenvalue weighted by Crippen LogP contribution is 2.38. The lowest BCUT2D eigenvalue weighted by molar-refractivity contribution is 0.0478.